The highest BCUT2D eigenvalue weighted by molar-refractivity contribution is 6.09. The van der Waals surface area contributed by atoms with Crippen molar-refractivity contribution in [1.29, 1.82) is 0 Å². The van der Waals surface area contributed by atoms with Crippen LogP contribution >= 0.6 is 0 Å². The van der Waals surface area contributed by atoms with E-state index >= 15 is 0 Å². The molecule has 5 heteroatoms. The largest absolute Gasteiger partial charge is 0.508 e. The summed E-state index contributed by atoms with van der Waals surface area (Å²) in [5.41, 5.74) is 0.502. The highest BCUT2D eigenvalue weighted by Gasteiger charge is 2.14. The van der Waals surface area contributed by atoms with Crippen molar-refractivity contribution >= 4 is 22.4 Å². The number of nitrogens with one attached hydrogen (secondary N) is 1. The normalized spacial score (nSPS) is 10.5. The van der Waals surface area contributed by atoms with Gasteiger partial charge in [0.05, 0.1) is 5.56 Å². The lowest BCUT2D eigenvalue weighted by molar-refractivity contribution is 0.102. The van der Waals surface area contributed by atoms with Crippen molar-refractivity contribution in [2.24, 2.45) is 0 Å². The van der Waals surface area contributed by atoms with Gasteiger partial charge >= 0.3 is 0 Å². The molecule has 0 unspecified atom stereocenters. The van der Waals surface area contributed by atoms with Crippen molar-refractivity contribution in [3.8, 4) is 17.2 Å². The number of hydrogen-bond donors (Lipinski definition) is 4. The Balaban J connectivity index is 1.99. The lowest BCUT2D eigenvalue weighted by Crippen LogP contribution is -2.12. The summed E-state index contributed by atoms with van der Waals surface area (Å²) in [4.78, 5) is 12.3. The minimum Gasteiger partial charge on any atom is -0.508 e. The molecule has 110 valence electrons. The van der Waals surface area contributed by atoms with E-state index in [1.165, 1.54) is 30.3 Å². The van der Waals surface area contributed by atoms with E-state index in [4.69, 9.17) is 0 Å². The summed E-state index contributed by atoms with van der Waals surface area (Å²) in [5, 5.41) is 32.9. The molecule has 0 spiro atoms. The zero-order valence-corrected chi connectivity index (χ0v) is 11.4. The molecule has 0 aliphatic carbocycles. The second-order valence-electron chi connectivity index (χ2n) is 4.87. The van der Waals surface area contributed by atoms with E-state index in [2.05, 4.69) is 5.32 Å². The molecule has 22 heavy (non-hydrogen) atoms. The molecule has 3 aromatic carbocycles. The van der Waals surface area contributed by atoms with Crippen molar-refractivity contribution < 1.29 is 20.1 Å². The van der Waals surface area contributed by atoms with Gasteiger partial charge in [0.15, 0.2) is 0 Å². The summed E-state index contributed by atoms with van der Waals surface area (Å²) in [7, 11) is 0. The third kappa shape index (κ3) is 2.52. The summed E-state index contributed by atoms with van der Waals surface area (Å²) < 4.78 is 0. The Morgan fingerprint density at radius 1 is 0.864 bits per heavy atom. The van der Waals surface area contributed by atoms with Gasteiger partial charge in [0.1, 0.15) is 17.2 Å². The molecule has 0 aliphatic heterocycles. The molecule has 0 heterocycles. The van der Waals surface area contributed by atoms with Crippen LogP contribution < -0.4 is 5.32 Å². The fourth-order valence-electron chi connectivity index (χ4n) is 2.26. The number of carbonyl (C=O) groups is 1. The first kappa shape index (κ1) is 13.8. The second-order valence-corrected chi connectivity index (χ2v) is 4.87. The first-order chi connectivity index (χ1) is 10.5. The average Bonchev–Trinajstić information content (AvgIpc) is 2.47. The number of carbonyl (C=O) groups excluding carboxylic acids is 1. The molecule has 0 saturated heterocycles. The molecule has 1 amide bonds. The van der Waals surface area contributed by atoms with Crippen LogP contribution in [0.1, 0.15) is 10.4 Å². The van der Waals surface area contributed by atoms with Gasteiger partial charge < -0.3 is 20.6 Å². The molecule has 0 saturated carbocycles. The number of aromatic hydroxyl groups is 3. The minimum atomic E-state index is -0.506. The van der Waals surface area contributed by atoms with Gasteiger partial charge in [0.25, 0.3) is 5.91 Å². The SMILES string of the molecule is O=C(Nc1cccc(O)c1)c1cc2cccc(O)c2cc1O. The number of fused-ring (bicyclic) bond motifs is 1. The van der Waals surface area contributed by atoms with Crippen LogP contribution in [0.5, 0.6) is 17.2 Å². The molecule has 3 rings (SSSR count). The average molecular weight is 295 g/mol. The first-order valence-corrected chi connectivity index (χ1v) is 6.60. The van der Waals surface area contributed by atoms with Crippen molar-refractivity contribution in [1.82, 2.24) is 0 Å². The molecule has 0 bridgehead atoms. The van der Waals surface area contributed by atoms with Crippen molar-refractivity contribution in [2.75, 3.05) is 5.32 Å². The summed E-state index contributed by atoms with van der Waals surface area (Å²) >= 11 is 0. The molecule has 0 radical (unpaired) electrons. The summed E-state index contributed by atoms with van der Waals surface area (Å²) in [6.45, 7) is 0. The maximum Gasteiger partial charge on any atom is 0.259 e. The van der Waals surface area contributed by atoms with Crippen LogP contribution in [-0.4, -0.2) is 21.2 Å². The Labute approximate surface area is 126 Å². The molecular weight excluding hydrogens is 282 g/mol. The van der Waals surface area contributed by atoms with Crippen molar-refractivity contribution in [3.05, 3.63) is 60.2 Å². The van der Waals surface area contributed by atoms with Gasteiger partial charge in [-0.25, -0.2) is 0 Å². The van der Waals surface area contributed by atoms with Gasteiger partial charge in [-0.05, 0) is 35.7 Å². The highest BCUT2D eigenvalue weighted by atomic mass is 16.3. The fraction of sp³-hybridized carbons (Fsp3) is 0. The van der Waals surface area contributed by atoms with Crippen molar-refractivity contribution in [3.63, 3.8) is 0 Å². The predicted octanol–water partition coefficient (Wildman–Crippen LogP) is 3.21. The van der Waals surface area contributed by atoms with E-state index in [1.54, 1.807) is 24.3 Å². The Bertz CT molecular complexity index is 874. The quantitative estimate of drug-likeness (QED) is 0.584. The lowest BCUT2D eigenvalue weighted by Gasteiger charge is -2.09. The maximum absolute atomic E-state index is 12.3. The molecular formula is C17H13NO4. The minimum absolute atomic E-state index is 0.0328. The Hall–Kier alpha value is -3.21. The standard InChI is InChI=1S/C17H13NO4/c19-12-5-2-4-11(8-12)18-17(22)14-7-10-3-1-6-15(20)13(10)9-16(14)21/h1-9,19-21H,(H,18,22). The number of rotatable bonds is 2. The maximum atomic E-state index is 12.3. The molecule has 3 aromatic rings. The van der Waals surface area contributed by atoms with Gasteiger partial charge in [-0.3, -0.25) is 4.79 Å². The molecule has 0 aliphatic rings. The van der Waals surface area contributed by atoms with E-state index in [-0.39, 0.29) is 22.8 Å². The van der Waals surface area contributed by atoms with Crippen LogP contribution in [0.25, 0.3) is 10.8 Å². The lowest BCUT2D eigenvalue weighted by atomic mass is 10.0. The van der Waals surface area contributed by atoms with Crippen molar-refractivity contribution in [2.45, 2.75) is 0 Å². The predicted molar refractivity (Wildman–Crippen MR) is 83.3 cm³/mol. The summed E-state index contributed by atoms with van der Waals surface area (Å²) in [6, 6.07) is 13.9. The number of amides is 1. The van der Waals surface area contributed by atoms with Gasteiger partial charge in [-0.1, -0.05) is 18.2 Å². The number of benzene rings is 3. The molecule has 0 fully saturated rings. The van der Waals surface area contributed by atoms with Crippen LogP contribution in [0, 0.1) is 0 Å². The smallest absolute Gasteiger partial charge is 0.259 e. The highest BCUT2D eigenvalue weighted by Crippen LogP contribution is 2.31. The number of hydrogen-bond acceptors (Lipinski definition) is 4. The second kappa shape index (κ2) is 5.29. The Morgan fingerprint density at radius 3 is 2.41 bits per heavy atom. The zero-order valence-electron chi connectivity index (χ0n) is 11.4. The van der Waals surface area contributed by atoms with Gasteiger partial charge in [0.2, 0.25) is 0 Å². The van der Waals surface area contributed by atoms with Crippen LogP contribution in [0.3, 0.4) is 0 Å². The first-order valence-electron chi connectivity index (χ1n) is 6.60. The third-order valence-electron chi connectivity index (χ3n) is 3.32. The zero-order chi connectivity index (χ0) is 15.7. The van der Waals surface area contributed by atoms with Crippen LogP contribution in [0.4, 0.5) is 5.69 Å². The molecule has 4 N–H and O–H groups in total. The van der Waals surface area contributed by atoms with Crippen LogP contribution in [0.15, 0.2) is 54.6 Å². The Kier molecular flexibility index (Phi) is 3.31. The number of phenols is 3. The van der Waals surface area contributed by atoms with E-state index in [0.29, 0.717) is 16.5 Å². The monoisotopic (exact) mass is 295 g/mol. The van der Waals surface area contributed by atoms with Crippen LogP contribution in [-0.2, 0) is 0 Å². The van der Waals surface area contributed by atoms with Gasteiger partial charge in [0, 0.05) is 17.1 Å². The van der Waals surface area contributed by atoms with E-state index in [0.717, 1.165) is 0 Å². The molecule has 0 aromatic heterocycles. The van der Waals surface area contributed by atoms with Gasteiger partial charge in [-0.2, -0.15) is 0 Å². The number of phenolic OH excluding ortho intramolecular Hbond substituents is 3. The fourth-order valence-corrected chi connectivity index (χ4v) is 2.26. The van der Waals surface area contributed by atoms with Gasteiger partial charge in [-0.15, -0.1) is 0 Å². The van der Waals surface area contributed by atoms with E-state index < -0.39 is 5.91 Å². The third-order valence-corrected chi connectivity index (χ3v) is 3.32. The van der Waals surface area contributed by atoms with E-state index in [1.807, 2.05) is 0 Å². The molecule has 5 nitrogen and oxygen atoms in total. The molecule has 0 atom stereocenters. The summed E-state index contributed by atoms with van der Waals surface area (Å²) in [5.74, 6) is -0.668. The topological polar surface area (TPSA) is 89.8 Å². The van der Waals surface area contributed by atoms with E-state index in [9.17, 15) is 20.1 Å². The Morgan fingerprint density at radius 2 is 1.64 bits per heavy atom. The van der Waals surface area contributed by atoms with Crippen LogP contribution in [0.2, 0.25) is 0 Å². The summed E-state index contributed by atoms with van der Waals surface area (Å²) in [6.07, 6.45) is 0. The number of anilines is 1.